The first-order valence-corrected chi connectivity index (χ1v) is 8.39. The summed E-state index contributed by atoms with van der Waals surface area (Å²) in [6.45, 7) is 6.45. The predicted molar refractivity (Wildman–Crippen MR) is 101 cm³/mol. The summed E-state index contributed by atoms with van der Waals surface area (Å²) in [4.78, 5) is 25.1. The monoisotopic (exact) mass is 340 g/mol. The molecule has 2 amide bonds. The van der Waals surface area contributed by atoms with Crippen molar-refractivity contribution in [3.63, 3.8) is 0 Å². The second-order valence-electron chi connectivity index (χ2n) is 6.52. The molecule has 132 valence electrons. The van der Waals surface area contributed by atoms with Gasteiger partial charge >= 0.3 is 0 Å². The van der Waals surface area contributed by atoms with Gasteiger partial charge in [-0.1, -0.05) is 29.8 Å². The highest BCUT2D eigenvalue weighted by atomic mass is 16.2. The Balaban J connectivity index is 1.83. The van der Waals surface area contributed by atoms with E-state index in [2.05, 4.69) is 10.6 Å². The summed E-state index contributed by atoms with van der Waals surface area (Å²) < 4.78 is 0. The zero-order valence-corrected chi connectivity index (χ0v) is 15.3. The molecule has 0 fully saturated rings. The Kier molecular flexibility index (Phi) is 6.31. The van der Waals surface area contributed by atoms with E-state index in [1.54, 1.807) is 0 Å². The van der Waals surface area contributed by atoms with Crippen molar-refractivity contribution in [2.24, 2.45) is 0 Å². The molecular weight excluding hydrogens is 314 g/mol. The molecule has 2 aromatic carbocycles. The molecule has 3 N–H and O–H groups in total. The molecule has 0 saturated carbocycles. The van der Waals surface area contributed by atoms with Crippen molar-refractivity contribution in [2.75, 3.05) is 30.8 Å². The van der Waals surface area contributed by atoms with E-state index >= 15 is 0 Å². The zero-order chi connectivity index (χ0) is 18.4. The van der Waals surface area contributed by atoms with Crippen molar-refractivity contribution < 1.29 is 14.5 Å². The van der Waals surface area contributed by atoms with Crippen molar-refractivity contribution in [3.8, 4) is 0 Å². The fourth-order valence-corrected chi connectivity index (χ4v) is 2.53. The van der Waals surface area contributed by atoms with Crippen LogP contribution in [0.2, 0.25) is 0 Å². The Bertz CT molecular complexity index is 754. The lowest BCUT2D eigenvalue weighted by atomic mass is 10.1. The topological polar surface area (TPSA) is 62.6 Å². The molecule has 0 heterocycles. The van der Waals surface area contributed by atoms with Crippen molar-refractivity contribution in [3.05, 3.63) is 59.2 Å². The van der Waals surface area contributed by atoms with Crippen molar-refractivity contribution in [2.45, 2.75) is 20.8 Å². The van der Waals surface area contributed by atoms with Gasteiger partial charge in [0.2, 0.25) is 0 Å². The molecule has 0 aliphatic rings. The first-order chi connectivity index (χ1) is 11.8. The molecule has 0 spiro atoms. The molecule has 1 atom stereocenters. The normalized spacial score (nSPS) is 11.7. The third-order valence-corrected chi connectivity index (χ3v) is 4.14. The van der Waals surface area contributed by atoms with Gasteiger partial charge in [0.1, 0.15) is 0 Å². The minimum absolute atomic E-state index is 0.102. The Labute approximate surface area is 149 Å². The third-order valence-electron chi connectivity index (χ3n) is 4.14. The van der Waals surface area contributed by atoms with Gasteiger partial charge in [-0.05, 0) is 50.1 Å². The van der Waals surface area contributed by atoms with Crippen LogP contribution in [0.3, 0.4) is 0 Å². The van der Waals surface area contributed by atoms with E-state index < -0.39 is 0 Å². The highest BCUT2D eigenvalue weighted by Gasteiger charge is 2.15. The van der Waals surface area contributed by atoms with Gasteiger partial charge < -0.3 is 15.5 Å². The molecule has 5 nitrogen and oxygen atoms in total. The summed E-state index contributed by atoms with van der Waals surface area (Å²) in [5.41, 5.74) is 4.93. The number of hydrogen-bond donors (Lipinski definition) is 3. The number of benzene rings is 2. The van der Waals surface area contributed by atoms with Crippen molar-refractivity contribution >= 4 is 23.2 Å². The van der Waals surface area contributed by atoms with Crippen LogP contribution in [-0.2, 0) is 9.59 Å². The highest BCUT2D eigenvalue weighted by Crippen LogP contribution is 2.17. The number of hydrogen-bond acceptors (Lipinski definition) is 2. The van der Waals surface area contributed by atoms with Gasteiger partial charge in [-0.2, -0.15) is 0 Å². The summed E-state index contributed by atoms with van der Waals surface area (Å²) in [6, 6.07) is 13.5. The van der Waals surface area contributed by atoms with Crippen molar-refractivity contribution in [1.29, 1.82) is 0 Å². The maximum Gasteiger partial charge on any atom is 0.279 e. The Hall–Kier alpha value is -2.66. The Morgan fingerprint density at radius 3 is 2.12 bits per heavy atom. The number of quaternary nitrogens is 1. The van der Waals surface area contributed by atoms with Crippen LogP contribution in [0.4, 0.5) is 11.4 Å². The van der Waals surface area contributed by atoms with Crippen LogP contribution in [-0.4, -0.2) is 32.0 Å². The standard InChI is InChI=1S/C20H25N3O2/c1-14-8-10-17(11-9-14)21-19(24)12-23(4)13-20(25)22-18-7-5-6-15(2)16(18)3/h5-11H,12-13H2,1-4H3,(H,21,24)(H,22,25)/p+1. The second-order valence-corrected chi connectivity index (χ2v) is 6.52. The van der Waals surface area contributed by atoms with Gasteiger partial charge in [-0.3, -0.25) is 9.59 Å². The number of aryl methyl sites for hydroxylation is 2. The molecule has 0 bridgehead atoms. The van der Waals surface area contributed by atoms with Crippen LogP contribution in [0.1, 0.15) is 16.7 Å². The van der Waals surface area contributed by atoms with Crippen molar-refractivity contribution in [1.82, 2.24) is 0 Å². The number of nitrogens with one attached hydrogen (secondary N) is 3. The van der Waals surface area contributed by atoms with E-state index in [9.17, 15) is 9.59 Å². The fraction of sp³-hybridized carbons (Fsp3) is 0.300. The first kappa shape index (κ1) is 18.7. The molecule has 0 aliphatic heterocycles. The third kappa shape index (κ3) is 5.72. The second kappa shape index (κ2) is 8.44. The maximum atomic E-state index is 12.2. The number of amides is 2. The Morgan fingerprint density at radius 1 is 0.880 bits per heavy atom. The van der Waals surface area contributed by atoms with Gasteiger partial charge in [0.25, 0.3) is 11.8 Å². The van der Waals surface area contributed by atoms with Crippen LogP contribution < -0.4 is 15.5 Å². The van der Waals surface area contributed by atoms with Crippen LogP contribution in [0, 0.1) is 20.8 Å². The lowest BCUT2D eigenvalue weighted by Gasteiger charge is -2.15. The van der Waals surface area contributed by atoms with Crippen LogP contribution >= 0.6 is 0 Å². The molecular formula is C20H26N3O2+. The lowest BCUT2D eigenvalue weighted by molar-refractivity contribution is -0.862. The van der Waals surface area contributed by atoms with Gasteiger partial charge in [0, 0.05) is 11.4 Å². The lowest BCUT2D eigenvalue weighted by Crippen LogP contribution is -3.11. The SMILES string of the molecule is Cc1ccc(NC(=O)C[NH+](C)CC(=O)Nc2cccc(C)c2C)cc1. The van der Waals surface area contributed by atoms with E-state index in [-0.39, 0.29) is 24.9 Å². The predicted octanol–water partition coefficient (Wildman–Crippen LogP) is 1.70. The highest BCUT2D eigenvalue weighted by molar-refractivity contribution is 5.93. The van der Waals surface area contributed by atoms with Gasteiger partial charge in [0.05, 0.1) is 7.05 Å². The molecule has 2 aromatic rings. The summed E-state index contributed by atoms with van der Waals surface area (Å²) in [6.07, 6.45) is 0. The fourth-order valence-electron chi connectivity index (χ4n) is 2.53. The summed E-state index contributed by atoms with van der Waals surface area (Å²) >= 11 is 0. The molecule has 0 radical (unpaired) electrons. The smallest absolute Gasteiger partial charge is 0.279 e. The molecule has 0 aliphatic carbocycles. The summed E-state index contributed by atoms with van der Waals surface area (Å²) in [7, 11) is 1.83. The summed E-state index contributed by atoms with van der Waals surface area (Å²) in [5.74, 6) is -0.213. The first-order valence-electron chi connectivity index (χ1n) is 8.39. The number of rotatable bonds is 6. The van der Waals surface area contributed by atoms with E-state index in [0.29, 0.717) is 0 Å². The number of carbonyl (C=O) groups is 2. The molecule has 1 unspecified atom stereocenters. The van der Waals surface area contributed by atoms with Gasteiger partial charge in [0.15, 0.2) is 13.1 Å². The molecule has 0 aromatic heterocycles. The van der Waals surface area contributed by atoms with Crippen LogP contribution in [0.25, 0.3) is 0 Å². The Morgan fingerprint density at radius 2 is 1.48 bits per heavy atom. The largest absolute Gasteiger partial charge is 0.322 e. The van der Waals surface area contributed by atoms with E-state index in [4.69, 9.17) is 0 Å². The maximum absolute atomic E-state index is 12.2. The van der Waals surface area contributed by atoms with Crippen LogP contribution in [0.5, 0.6) is 0 Å². The van der Waals surface area contributed by atoms with Gasteiger partial charge in [-0.25, -0.2) is 0 Å². The minimum Gasteiger partial charge on any atom is -0.322 e. The average molecular weight is 340 g/mol. The average Bonchev–Trinajstić information content (AvgIpc) is 2.53. The van der Waals surface area contributed by atoms with Gasteiger partial charge in [-0.15, -0.1) is 0 Å². The summed E-state index contributed by atoms with van der Waals surface area (Å²) in [5, 5.41) is 5.77. The van der Waals surface area contributed by atoms with E-state index in [1.807, 2.05) is 70.3 Å². The number of carbonyl (C=O) groups excluding carboxylic acids is 2. The van der Waals surface area contributed by atoms with E-state index in [1.165, 1.54) is 0 Å². The molecule has 0 saturated heterocycles. The molecule has 25 heavy (non-hydrogen) atoms. The van der Waals surface area contributed by atoms with Crippen LogP contribution in [0.15, 0.2) is 42.5 Å². The quantitative estimate of drug-likeness (QED) is 0.750. The van der Waals surface area contributed by atoms with E-state index in [0.717, 1.165) is 33.0 Å². The number of likely N-dealkylation sites (N-methyl/N-ethyl adjacent to an activating group) is 1. The zero-order valence-electron chi connectivity index (χ0n) is 15.3. The number of anilines is 2. The minimum atomic E-state index is -0.110. The molecule has 5 heteroatoms. The molecule has 2 rings (SSSR count).